The average molecular weight is 179 g/mol. The molecule has 3 heteroatoms. The fraction of sp³-hybridized carbons (Fsp3) is 0.700. The Morgan fingerprint density at radius 1 is 1.62 bits per heavy atom. The van der Waals surface area contributed by atoms with Gasteiger partial charge in [0, 0.05) is 24.9 Å². The van der Waals surface area contributed by atoms with Crippen molar-refractivity contribution in [3.8, 4) is 0 Å². The van der Waals surface area contributed by atoms with E-state index >= 15 is 0 Å². The van der Waals surface area contributed by atoms with E-state index in [0.29, 0.717) is 17.3 Å². The molecule has 0 radical (unpaired) electrons. The maximum absolute atomic E-state index is 5.73. The predicted octanol–water partition coefficient (Wildman–Crippen LogP) is 1.12. The van der Waals surface area contributed by atoms with Gasteiger partial charge in [-0.15, -0.1) is 0 Å². The van der Waals surface area contributed by atoms with Crippen LogP contribution in [0.5, 0.6) is 0 Å². The summed E-state index contributed by atoms with van der Waals surface area (Å²) >= 11 is 0. The third-order valence-electron chi connectivity index (χ3n) is 3.48. The minimum atomic E-state index is 0.364. The zero-order chi connectivity index (χ0) is 9.64. The second-order valence-electron chi connectivity index (χ2n) is 4.52. The summed E-state index contributed by atoms with van der Waals surface area (Å²) in [5.74, 6) is 1.23. The Balaban J connectivity index is 2.26. The standard InChI is InChI=1S/C10H17N3/c1-10(2)7(6-11)9(10)8-4-5-12-13(8)3/h4-5,7,9H,6,11H2,1-3H3/t7-,9+/m1/s1. The van der Waals surface area contributed by atoms with Crippen LogP contribution in [-0.2, 0) is 7.05 Å². The lowest BCUT2D eigenvalue weighted by atomic mass is 10.1. The van der Waals surface area contributed by atoms with E-state index in [2.05, 4.69) is 25.0 Å². The van der Waals surface area contributed by atoms with E-state index in [1.165, 1.54) is 5.69 Å². The van der Waals surface area contributed by atoms with Crippen molar-refractivity contribution in [3.63, 3.8) is 0 Å². The van der Waals surface area contributed by atoms with E-state index in [1.807, 2.05) is 17.9 Å². The molecule has 72 valence electrons. The molecule has 13 heavy (non-hydrogen) atoms. The lowest BCUT2D eigenvalue weighted by Gasteiger charge is -2.02. The molecule has 2 rings (SSSR count). The van der Waals surface area contributed by atoms with Crippen molar-refractivity contribution in [1.82, 2.24) is 9.78 Å². The molecule has 0 amide bonds. The Morgan fingerprint density at radius 2 is 2.31 bits per heavy atom. The molecule has 1 aromatic heterocycles. The fourth-order valence-electron chi connectivity index (χ4n) is 2.46. The average Bonchev–Trinajstić information content (AvgIpc) is 2.41. The lowest BCUT2D eigenvalue weighted by molar-refractivity contribution is 0.553. The van der Waals surface area contributed by atoms with Crippen LogP contribution in [0.15, 0.2) is 12.3 Å². The quantitative estimate of drug-likeness (QED) is 0.739. The number of hydrogen-bond acceptors (Lipinski definition) is 2. The van der Waals surface area contributed by atoms with Gasteiger partial charge in [-0.1, -0.05) is 13.8 Å². The Hall–Kier alpha value is -0.830. The summed E-state index contributed by atoms with van der Waals surface area (Å²) in [6.45, 7) is 5.34. The fourth-order valence-corrected chi connectivity index (χ4v) is 2.46. The van der Waals surface area contributed by atoms with Gasteiger partial charge in [0.2, 0.25) is 0 Å². The number of rotatable bonds is 2. The second kappa shape index (κ2) is 2.58. The van der Waals surface area contributed by atoms with Crippen LogP contribution in [0.4, 0.5) is 0 Å². The molecule has 0 spiro atoms. The topological polar surface area (TPSA) is 43.8 Å². The molecule has 1 aliphatic rings. The van der Waals surface area contributed by atoms with Gasteiger partial charge in [0.05, 0.1) is 0 Å². The molecule has 1 aliphatic carbocycles. The van der Waals surface area contributed by atoms with E-state index in [9.17, 15) is 0 Å². The summed E-state index contributed by atoms with van der Waals surface area (Å²) in [5.41, 5.74) is 7.41. The van der Waals surface area contributed by atoms with Crippen LogP contribution >= 0.6 is 0 Å². The Labute approximate surface area is 78.9 Å². The van der Waals surface area contributed by atoms with Crippen LogP contribution < -0.4 is 5.73 Å². The third kappa shape index (κ3) is 1.10. The molecule has 1 aromatic rings. The largest absolute Gasteiger partial charge is 0.330 e. The molecule has 0 saturated heterocycles. The minimum Gasteiger partial charge on any atom is -0.330 e. The molecule has 0 aliphatic heterocycles. The molecular weight excluding hydrogens is 162 g/mol. The first-order valence-electron chi connectivity index (χ1n) is 4.77. The maximum atomic E-state index is 5.73. The monoisotopic (exact) mass is 179 g/mol. The van der Waals surface area contributed by atoms with Crippen molar-refractivity contribution in [2.75, 3.05) is 6.54 Å². The van der Waals surface area contributed by atoms with Gasteiger partial charge in [0.25, 0.3) is 0 Å². The molecular formula is C10H17N3. The van der Waals surface area contributed by atoms with Gasteiger partial charge in [0.1, 0.15) is 0 Å². The summed E-state index contributed by atoms with van der Waals surface area (Å²) in [4.78, 5) is 0. The van der Waals surface area contributed by atoms with Crippen LogP contribution in [0.3, 0.4) is 0 Å². The summed E-state index contributed by atoms with van der Waals surface area (Å²) in [5, 5.41) is 4.19. The first-order chi connectivity index (χ1) is 6.09. The van der Waals surface area contributed by atoms with Crippen LogP contribution in [0.1, 0.15) is 25.5 Å². The maximum Gasteiger partial charge on any atom is 0.0492 e. The van der Waals surface area contributed by atoms with Gasteiger partial charge in [-0.05, 0) is 23.9 Å². The molecule has 0 bridgehead atoms. The van der Waals surface area contributed by atoms with Crippen LogP contribution in [0, 0.1) is 11.3 Å². The highest BCUT2D eigenvalue weighted by Gasteiger charge is 2.58. The first-order valence-corrected chi connectivity index (χ1v) is 4.77. The summed E-state index contributed by atoms with van der Waals surface area (Å²) in [6, 6.07) is 2.10. The Morgan fingerprint density at radius 3 is 2.69 bits per heavy atom. The van der Waals surface area contributed by atoms with E-state index in [-0.39, 0.29) is 0 Å². The molecule has 0 unspecified atom stereocenters. The zero-order valence-electron chi connectivity index (χ0n) is 8.49. The van der Waals surface area contributed by atoms with Gasteiger partial charge in [-0.3, -0.25) is 4.68 Å². The predicted molar refractivity (Wildman–Crippen MR) is 52.3 cm³/mol. The van der Waals surface area contributed by atoms with Crippen molar-refractivity contribution in [3.05, 3.63) is 18.0 Å². The SMILES string of the molecule is Cn1nccc1[C@@H]1[C@@H](CN)C1(C)C. The Kier molecular flexibility index (Phi) is 1.74. The number of nitrogens with zero attached hydrogens (tertiary/aromatic N) is 2. The summed E-state index contributed by atoms with van der Waals surface area (Å²) < 4.78 is 1.96. The lowest BCUT2D eigenvalue weighted by Crippen LogP contribution is -2.05. The number of aryl methyl sites for hydroxylation is 1. The molecule has 0 aromatic carbocycles. The molecule has 3 nitrogen and oxygen atoms in total. The van der Waals surface area contributed by atoms with Gasteiger partial charge in [-0.25, -0.2) is 0 Å². The highest BCUT2D eigenvalue weighted by atomic mass is 15.3. The van der Waals surface area contributed by atoms with E-state index in [0.717, 1.165) is 6.54 Å². The molecule has 1 saturated carbocycles. The highest BCUT2D eigenvalue weighted by Crippen LogP contribution is 2.63. The summed E-state index contributed by atoms with van der Waals surface area (Å²) in [6.07, 6.45) is 1.86. The first kappa shape index (κ1) is 8.75. The number of aromatic nitrogens is 2. The smallest absolute Gasteiger partial charge is 0.0492 e. The number of nitrogens with two attached hydrogens (primary N) is 1. The van der Waals surface area contributed by atoms with Crippen LogP contribution in [0.2, 0.25) is 0 Å². The second-order valence-corrected chi connectivity index (χ2v) is 4.52. The minimum absolute atomic E-state index is 0.364. The van der Waals surface area contributed by atoms with Crippen molar-refractivity contribution in [1.29, 1.82) is 0 Å². The van der Waals surface area contributed by atoms with Crippen molar-refractivity contribution < 1.29 is 0 Å². The zero-order valence-corrected chi connectivity index (χ0v) is 8.49. The molecule has 2 N–H and O–H groups in total. The van der Waals surface area contributed by atoms with E-state index in [1.54, 1.807) is 0 Å². The van der Waals surface area contributed by atoms with Gasteiger partial charge in [-0.2, -0.15) is 5.10 Å². The van der Waals surface area contributed by atoms with E-state index in [4.69, 9.17) is 5.73 Å². The van der Waals surface area contributed by atoms with Gasteiger partial charge < -0.3 is 5.73 Å². The van der Waals surface area contributed by atoms with Crippen molar-refractivity contribution >= 4 is 0 Å². The van der Waals surface area contributed by atoms with Crippen molar-refractivity contribution in [2.24, 2.45) is 24.1 Å². The number of hydrogen-bond donors (Lipinski definition) is 1. The Bertz CT molecular complexity index is 314. The van der Waals surface area contributed by atoms with Gasteiger partial charge >= 0.3 is 0 Å². The highest BCUT2D eigenvalue weighted by molar-refractivity contribution is 5.25. The van der Waals surface area contributed by atoms with E-state index < -0.39 is 0 Å². The van der Waals surface area contributed by atoms with Gasteiger partial charge in [0.15, 0.2) is 0 Å². The normalized spacial score (nSPS) is 30.5. The van der Waals surface area contributed by atoms with Crippen molar-refractivity contribution in [2.45, 2.75) is 19.8 Å². The third-order valence-corrected chi connectivity index (χ3v) is 3.48. The van der Waals surface area contributed by atoms with Crippen LogP contribution in [0.25, 0.3) is 0 Å². The molecule has 2 atom stereocenters. The van der Waals surface area contributed by atoms with Crippen LogP contribution in [-0.4, -0.2) is 16.3 Å². The summed E-state index contributed by atoms with van der Waals surface area (Å²) in [7, 11) is 2.00. The molecule has 1 heterocycles. The molecule has 1 fully saturated rings.